The van der Waals surface area contributed by atoms with E-state index in [4.69, 9.17) is 4.74 Å². The van der Waals surface area contributed by atoms with Crippen LogP contribution in [0.4, 0.5) is 0 Å². The Bertz CT molecular complexity index is 730. The summed E-state index contributed by atoms with van der Waals surface area (Å²) < 4.78 is 7.59. The van der Waals surface area contributed by atoms with Crippen LogP contribution >= 0.6 is 0 Å². The molecule has 0 saturated carbocycles. The molecule has 2 aliphatic heterocycles. The molecule has 3 rings (SSSR count). The van der Waals surface area contributed by atoms with Gasteiger partial charge in [0.25, 0.3) is 5.56 Å². The van der Waals surface area contributed by atoms with Gasteiger partial charge in [-0.2, -0.15) is 0 Å². The van der Waals surface area contributed by atoms with Gasteiger partial charge in [0, 0.05) is 11.8 Å². The lowest BCUT2D eigenvalue weighted by Gasteiger charge is -2.32. The monoisotopic (exact) mass is 407 g/mol. The average molecular weight is 408 g/mol. The van der Waals surface area contributed by atoms with E-state index >= 15 is 0 Å². The van der Waals surface area contributed by atoms with E-state index in [1.165, 1.54) is 55.9 Å². The van der Waals surface area contributed by atoms with Gasteiger partial charge in [-0.05, 0) is 39.3 Å². The highest BCUT2D eigenvalue weighted by Gasteiger charge is 2.40. The summed E-state index contributed by atoms with van der Waals surface area (Å²) in [6.07, 6.45) is 14.2. The highest BCUT2D eigenvalue weighted by molar-refractivity contribution is 5.03. The molecule has 0 bridgehead atoms. The molecule has 2 aliphatic rings. The fourth-order valence-electron chi connectivity index (χ4n) is 4.69. The molecule has 0 spiro atoms. The van der Waals surface area contributed by atoms with Gasteiger partial charge in [0.1, 0.15) is 0 Å². The van der Waals surface area contributed by atoms with Gasteiger partial charge in [-0.15, -0.1) is 0 Å². The molecule has 0 radical (unpaired) electrons. The molecule has 29 heavy (non-hydrogen) atoms. The first-order chi connectivity index (χ1) is 14.1. The van der Waals surface area contributed by atoms with Crippen LogP contribution in [0.25, 0.3) is 0 Å². The minimum absolute atomic E-state index is 0.0280. The van der Waals surface area contributed by atoms with Crippen molar-refractivity contribution in [1.29, 1.82) is 0 Å². The first kappa shape index (κ1) is 22.2. The van der Waals surface area contributed by atoms with E-state index in [-0.39, 0.29) is 24.3 Å². The second kappa shape index (κ2) is 11.1. The first-order valence-electron chi connectivity index (χ1n) is 11.4. The normalized spacial score (nSPS) is 28.4. The zero-order valence-electron chi connectivity index (χ0n) is 17.8. The van der Waals surface area contributed by atoms with Crippen LogP contribution in [-0.2, 0) is 4.74 Å². The predicted molar refractivity (Wildman–Crippen MR) is 113 cm³/mol. The number of H-pyrrole nitrogens is 1. The van der Waals surface area contributed by atoms with Crippen molar-refractivity contribution in [3.63, 3.8) is 0 Å². The molecule has 1 aromatic heterocycles. The third kappa shape index (κ3) is 6.03. The van der Waals surface area contributed by atoms with E-state index in [0.717, 1.165) is 25.9 Å². The Morgan fingerprint density at radius 3 is 2.10 bits per heavy atom. The number of aryl methyl sites for hydroxylation is 1. The first-order valence-corrected chi connectivity index (χ1v) is 11.4. The van der Waals surface area contributed by atoms with Crippen molar-refractivity contribution in [2.75, 3.05) is 19.7 Å². The largest absolute Gasteiger partial charge is 0.394 e. The fraction of sp³-hybridized carbons (Fsp3) is 0.818. The maximum Gasteiger partial charge on any atom is 0.330 e. The van der Waals surface area contributed by atoms with Gasteiger partial charge in [-0.3, -0.25) is 19.2 Å². The van der Waals surface area contributed by atoms with E-state index < -0.39 is 11.9 Å². The van der Waals surface area contributed by atoms with Crippen LogP contribution < -0.4 is 11.2 Å². The van der Waals surface area contributed by atoms with Crippen molar-refractivity contribution < 1.29 is 9.84 Å². The maximum atomic E-state index is 12.5. The van der Waals surface area contributed by atoms with Crippen molar-refractivity contribution in [2.24, 2.45) is 0 Å². The van der Waals surface area contributed by atoms with Gasteiger partial charge >= 0.3 is 5.69 Å². The molecule has 0 aliphatic carbocycles. The molecule has 0 amide bonds. The number of aliphatic hydroxyl groups is 1. The summed E-state index contributed by atoms with van der Waals surface area (Å²) in [5.74, 6) is 0. The Morgan fingerprint density at radius 1 is 1.00 bits per heavy atom. The van der Waals surface area contributed by atoms with Crippen LogP contribution in [0.1, 0.15) is 82.4 Å². The van der Waals surface area contributed by atoms with Gasteiger partial charge in [0.05, 0.1) is 18.8 Å². The van der Waals surface area contributed by atoms with E-state index in [2.05, 4.69) is 9.88 Å². The third-order valence-electron chi connectivity index (χ3n) is 6.40. The van der Waals surface area contributed by atoms with Crippen LogP contribution in [0, 0.1) is 6.92 Å². The molecule has 0 aromatic carbocycles. The third-order valence-corrected chi connectivity index (χ3v) is 6.40. The summed E-state index contributed by atoms with van der Waals surface area (Å²) in [6, 6.07) is 0.0280. The summed E-state index contributed by atoms with van der Waals surface area (Å²) in [7, 11) is 0. The SMILES string of the molecule is Cc1cn([C@@H]2O[C@H](CO)CC2N2CCCCCCCCCCCC2)c(=O)[nH]c1=O. The second-order valence-corrected chi connectivity index (χ2v) is 8.68. The Labute approximate surface area is 173 Å². The summed E-state index contributed by atoms with van der Waals surface area (Å²) >= 11 is 0. The number of aromatic nitrogens is 2. The highest BCUT2D eigenvalue weighted by Crippen LogP contribution is 2.32. The molecule has 7 heteroatoms. The van der Waals surface area contributed by atoms with Gasteiger partial charge in [0.15, 0.2) is 6.23 Å². The van der Waals surface area contributed by atoms with E-state index in [1.54, 1.807) is 13.1 Å². The number of hydrogen-bond acceptors (Lipinski definition) is 5. The second-order valence-electron chi connectivity index (χ2n) is 8.68. The minimum Gasteiger partial charge on any atom is -0.394 e. The number of rotatable bonds is 3. The zero-order valence-corrected chi connectivity index (χ0v) is 17.8. The van der Waals surface area contributed by atoms with Crippen LogP contribution in [0.3, 0.4) is 0 Å². The molecule has 2 N–H and O–H groups in total. The van der Waals surface area contributed by atoms with Crippen molar-refractivity contribution >= 4 is 0 Å². The zero-order chi connectivity index (χ0) is 20.6. The number of nitrogens with one attached hydrogen (secondary N) is 1. The lowest BCUT2D eigenvalue weighted by Crippen LogP contribution is -2.44. The minimum atomic E-state index is -0.481. The molecule has 2 saturated heterocycles. The molecule has 7 nitrogen and oxygen atoms in total. The van der Waals surface area contributed by atoms with E-state index in [1.807, 2.05) is 0 Å². The molecule has 164 valence electrons. The summed E-state index contributed by atoms with van der Waals surface area (Å²) in [5, 5.41) is 9.71. The predicted octanol–water partition coefficient (Wildman–Crippen LogP) is 2.71. The van der Waals surface area contributed by atoms with Crippen LogP contribution in [0.2, 0.25) is 0 Å². The topological polar surface area (TPSA) is 87.6 Å². The lowest BCUT2D eigenvalue weighted by atomic mass is 10.1. The standard InChI is InChI=1S/C22H37N3O4/c1-17-15-25(22(28)23-20(17)27)21-19(14-18(16-26)29-21)24-12-10-8-6-4-2-3-5-7-9-11-13-24/h15,18-19,21,26H,2-14,16H2,1H3,(H,23,27,28)/t18-,19?,21+/m0/s1. The Balaban J connectivity index is 1.80. The number of aliphatic hydroxyl groups excluding tert-OH is 1. The van der Waals surface area contributed by atoms with Gasteiger partial charge < -0.3 is 9.84 Å². The molecule has 3 heterocycles. The summed E-state index contributed by atoms with van der Waals surface area (Å²) in [4.78, 5) is 29.1. The number of hydrogen-bond donors (Lipinski definition) is 2. The van der Waals surface area contributed by atoms with Crippen LogP contribution in [-0.4, -0.2) is 51.4 Å². The Hall–Kier alpha value is -1.44. The number of ether oxygens (including phenoxy) is 1. The van der Waals surface area contributed by atoms with Crippen molar-refractivity contribution in [2.45, 2.75) is 95.9 Å². The molecule has 2 fully saturated rings. The van der Waals surface area contributed by atoms with E-state index in [0.29, 0.717) is 12.0 Å². The molecular weight excluding hydrogens is 370 g/mol. The Kier molecular flexibility index (Phi) is 8.51. The number of nitrogens with zero attached hydrogens (tertiary/aromatic N) is 2. The molecule has 1 aromatic rings. The van der Waals surface area contributed by atoms with Gasteiger partial charge in [-0.1, -0.05) is 51.4 Å². The van der Waals surface area contributed by atoms with Crippen LogP contribution in [0.5, 0.6) is 0 Å². The van der Waals surface area contributed by atoms with Gasteiger partial charge in [0.2, 0.25) is 0 Å². The quantitative estimate of drug-likeness (QED) is 0.804. The molecular formula is C22H37N3O4. The fourth-order valence-corrected chi connectivity index (χ4v) is 4.69. The summed E-state index contributed by atoms with van der Waals surface area (Å²) in [6.45, 7) is 3.61. The Morgan fingerprint density at radius 2 is 1.55 bits per heavy atom. The molecule has 1 unspecified atom stereocenters. The van der Waals surface area contributed by atoms with Crippen molar-refractivity contribution in [3.05, 3.63) is 32.6 Å². The highest BCUT2D eigenvalue weighted by atomic mass is 16.5. The van der Waals surface area contributed by atoms with E-state index in [9.17, 15) is 14.7 Å². The number of aromatic amines is 1. The maximum absolute atomic E-state index is 12.5. The lowest BCUT2D eigenvalue weighted by molar-refractivity contribution is -0.0440. The van der Waals surface area contributed by atoms with Crippen LogP contribution in [0.15, 0.2) is 15.8 Å². The van der Waals surface area contributed by atoms with Crippen molar-refractivity contribution in [3.8, 4) is 0 Å². The van der Waals surface area contributed by atoms with Crippen molar-refractivity contribution in [1.82, 2.24) is 14.5 Å². The molecule has 3 atom stereocenters. The van der Waals surface area contributed by atoms with Gasteiger partial charge in [-0.25, -0.2) is 4.79 Å². The summed E-state index contributed by atoms with van der Waals surface area (Å²) in [5.41, 5.74) is -0.314. The smallest absolute Gasteiger partial charge is 0.330 e. The average Bonchev–Trinajstić information content (AvgIpc) is 3.14.